The maximum absolute atomic E-state index is 13.3. The lowest BCUT2D eigenvalue weighted by atomic mass is 10.0. The smallest absolute Gasteiger partial charge is 0.261 e. The van der Waals surface area contributed by atoms with Gasteiger partial charge in [0.2, 0.25) is 10.0 Å². The number of sulfonamides is 2. The molecule has 1 aliphatic heterocycles. The number of piperidine rings is 1. The number of rotatable bonds is 5. The fourth-order valence-corrected chi connectivity index (χ4v) is 6.50. The summed E-state index contributed by atoms with van der Waals surface area (Å²) in [4.78, 5) is -0.377. The molecule has 2 aromatic carbocycles. The summed E-state index contributed by atoms with van der Waals surface area (Å²) in [6, 6.07) is 7.31. The Bertz CT molecular complexity index is 1090. The number of nitrogens with one attached hydrogen (secondary N) is 1. The maximum atomic E-state index is 13.3. The van der Waals surface area contributed by atoms with Gasteiger partial charge in [-0.25, -0.2) is 25.6 Å². The van der Waals surface area contributed by atoms with Gasteiger partial charge in [0.05, 0.1) is 9.79 Å². The Kier molecular flexibility index (Phi) is 5.98. The summed E-state index contributed by atoms with van der Waals surface area (Å²) in [5.41, 5.74) is 0.105. The number of hydrogen-bond acceptors (Lipinski definition) is 4. The number of nitrogens with zero attached hydrogens (tertiary/aromatic N) is 1. The van der Waals surface area contributed by atoms with Crippen molar-refractivity contribution in [3.8, 4) is 0 Å². The van der Waals surface area contributed by atoms with Gasteiger partial charge in [-0.1, -0.05) is 6.42 Å². The van der Waals surface area contributed by atoms with Crippen LogP contribution in [-0.2, 0) is 20.0 Å². The number of halogens is 2. The Balaban J connectivity index is 1.83. The van der Waals surface area contributed by atoms with E-state index >= 15 is 0 Å². The third-order valence-corrected chi connectivity index (χ3v) is 8.52. The van der Waals surface area contributed by atoms with E-state index in [-0.39, 0.29) is 22.7 Å². The summed E-state index contributed by atoms with van der Waals surface area (Å²) in [6.45, 7) is 3.75. The Hall–Kier alpha value is -2.04. The molecule has 0 aromatic heterocycles. The molecule has 1 saturated heterocycles. The van der Waals surface area contributed by atoms with E-state index in [4.69, 9.17) is 0 Å². The van der Waals surface area contributed by atoms with E-state index in [1.54, 1.807) is 0 Å². The van der Waals surface area contributed by atoms with E-state index in [0.717, 1.165) is 31.4 Å². The molecule has 1 aliphatic rings. The Morgan fingerprint density at radius 2 is 1.41 bits per heavy atom. The highest BCUT2D eigenvalue weighted by molar-refractivity contribution is 7.92. The van der Waals surface area contributed by atoms with E-state index in [2.05, 4.69) is 4.72 Å². The molecule has 0 radical (unpaired) electrons. The molecule has 0 bridgehead atoms. The molecule has 3 rings (SSSR count). The van der Waals surface area contributed by atoms with Crippen LogP contribution >= 0.6 is 0 Å². The minimum absolute atomic E-state index is 0.0638. The molecule has 29 heavy (non-hydrogen) atoms. The Labute approximate surface area is 169 Å². The van der Waals surface area contributed by atoms with Crippen LogP contribution in [0.3, 0.4) is 0 Å². The van der Waals surface area contributed by atoms with Crippen LogP contribution in [0.5, 0.6) is 0 Å². The average Bonchev–Trinajstić information content (AvgIpc) is 2.63. The SMILES string of the molecule is CC1CCCC(C)N1S(=O)(=O)c1ccc(NS(=O)(=O)c2ccc(F)c(F)c2)cc1. The standard InChI is InChI=1S/C19H22F2N2O4S2/c1-13-4-3-5-14(2)23(13)29(26,27)16-8-6-15(7-9-16)22-28(24,25)17-10-11-18(20)19(21)12-17/h6-14,22H,3-5H2,1-2H3. The normalized spacial score (nSPS) is 21.1. The number of benzene rings is 2. The summed E-state index contributed by atoms with van der Waals surface area (Å²) >= 11 is 0. The first-order valence-electron chi connectivity index (χ1n) is 9.14. The summed E-state index contributed by atoms with van der Waals surface area (Å²) in [5.74, 6) is -2.43. The fourth-order valence-electron chi connectivity index (χ4n) is 3.55. The van der Waals surface area contributed by atoms with Crippen LogP contribution in [0.2, 0.25) is 0 Å². The average molecular weight is 445 g/mol. The fraction of sp³-hybridized carbons (Fsp3) is 0.368. The zero-order valence-corrected chi connectivity index (χ0v) is 17.6. The summed E-state index contributed by atoms with van der Waals surface area (Å²) in [6.07, 6.45) is 2.55. The lowest BCUT2D eigenvalue weighted by Crippen LogP contribution is -2.47. The monoisotopic (exact) mass is 444 g/mol. The molecule has 10 heteroatoms. The van der Waals surface area contributed by atoms with Crippen LogP contribution in [0.1, 0.15) is 33.1 Å². The Morgan fingerprint density at radius 3 is 1.97 bits per heavy atom. The van der Waals surface area contributed by atoms with Crippen LogP contribution in [0.4, 0.5) is 14.5 Å². The molecule has 0 spiro atoms. The first-order valence-corrected chi connectivity index (χ1v) is 12.1. The summed E-state index contributed by atoms with van der Waals surface area (Å²) in [7, 11) is -7.87. The van der Waals surface area contributed by atoms with Crippen molar-refractivity contribution in [2.24, 2.45) is 0 Å². The van der Waals surface area contributed by atoms with E-state index in [1.165, 1.54) is 28.6 Å². The maximum Gasteiger partial charge on any atom is 0.261 e. The summed E-state index contributed by atoms with van der Waals surface area (Å²) in [5, 5.41) is 0. The van der Waals surface area contributed by atoms with Crippen LogP contribution < -0.4 is 4.72 Å². The van der Waals surface area contributed by atoms with Crippen LogP contribution in [0.15, 0.2) is 52.3 Å². The third kappa shape index (κ3) is 4.44. The topological polar surface area (TPSA) is 83.6 Å². The molecule has 1 N–H and O–H groups in total. The predicted octanol–water partition coefficient (Wildman–Crippen LogP) is 3.72. The molecular formula is C19H22F2N2O4S2. The number of hydrogen-bond donors (Lipinski definition) is 1. The molecule has 1 fully saturated rings. The van der Waals surface area contributed by atoms with Crippen LogP contribution in [0, 0.1) is 11.6 Å². The van der Waals surface area contributed by atoms with Gasteiger partial charge in [-0.05, 0) is 69.2 Å². The van der Waals surface area contributed by atoms with Gasteiger partial charge in [0, 0.05) is 17.8 Å². The zero-order chi connectivity index (χ0) is 21.4. The van der Waals surface area contributed by atoms with Crippen LogP contribution in [0.25, 0.3) is 0 Å². The highest BCUT2D eigenvalue weighted by atomic mass is 32.2. The lowest BCUT2D eigenvalue weighted by molar-refractivity contribution is 0.204. The number of anilines is 1. The minimum atomic E-state index is -4.16. The van der Waals surface area contributed by atoms with Gasteiger partial charge in [0.25, 0.3) is 10.0 Å². The second-order valence-electron chi connectivity index (χ2n) is 7.17. The Morgan fingerprint density at radius 1 is 0.862 bits per heavy atom. The molecule has 0 amide bonds. The van der Waals surface area contributed by atoms with Gasteiger partial charge >= 0.3 is 0 Å². The molecule has 158 valence electrons. The third-order valence-electron chi connectivity index (χ3n) is 5.00. The highest BCUT2D eigenvalue weighted by Gasteiger charge is 2.35. The second-order valence-corrected chi connectivity index (χ2v) is 10.7. The van der Waals surface area contributed by atoms with Crippen molar-refractivity contribution in [3.05, 3.63) is 54.1 Å². The summed E-state index contributed by atoms with van der Waals surface area (Å²) < 4.78 is 80.8. The molecule has 2 aromatic rings. The van der Waals surface area contributed by atoms with E-state index in [9.17, 15) is 25.6 Å². The van der Waals surface area contributed by atoms with Crippen molar-refractivity contribution >= 4 is 25.7 Å². The van der Waals surface area contributed by atoms with Crippen molar-refractivity contribution in [3.63, 3.8) is 0 Å². The first kappa shape index (κ1) is 21.7. The van der Waals surface area contributed by atoms with Crippen molar-refractivity contribution in [2.45, 2.75) is 55.0 Å². The van der Waals surface area contributed by atoms with E-state index in [1.807, 2.05) is 13.8 Å². The van der Waals surface area contributed by atoms with Gasteiger partial charge in [-0.2, -0.15) is 4.31 Å². The molecule has 6 nitrogen and oxygen atoms in total. The molecule has 0 aliphatic carbocycles. The molecule has 0 saturated carbocycles. The van der Waals surface area contributed by atoms with Gasteiger partial charge in [0.1, 0.15) is 0 Å². The highest BCUT2D eigenvalue weighted by Crippen LogP contribution is 2.30. The van der Waals surface area contributed by atoms with Crippen molar-refractivity contribution in [1.29, 1.82) is 0 Å². The predicted molar refractivity (Wildman–Crippen MR) is 105 cm³/mol. The quantitative estimate of drug-likeness (QED) is 0.762. The first-order chi connectivity index (χ1) is 13.5. The van der Waals surface area contributed by atoms with E-state index in [0.29, 0.717) is 6.07 Å². The van der Waals surface area contributed by atoms with Crippen molar-refractivity contribution < 1.29 is 25.6 Å². The molecule has 2 unspecified atom stereocenters. The van der Waals surface area contributed by atoms with Crippen molar-refractivity contribution in [2.75, 3.05) is 4.72 Å². The largest absolute Gasteiger partial charge is 0.280 e. The van der Waals surface area contributed by atoms with Gasteiger partial charge < -0.3 is 0 Å². The van der Waals surface area contributed by atoms with Crippen LogP contribution in [-0.4, -0.2) is 33.2 Å². The zero-order valence-electron chi connectivity index (χ0n) is 16.0. The lowest BCUT2D eigenvalue weighted by Gasteiger charge is -2.37. The minimum Gasteiger partial charge on any atom is -0.280 e. The molecule has 2 atom stereocenters. The van der Waals surface area contributed by atoms with Crippen molar-refractivity contribution in [1.82, 2.24) is 4.31 Å². The molecule has 1 heterocycles. The van der Waals surface area contributed by atoms with E-state index < -0.39 is 36.6 Å². The van der Waals surface area contributed by atoms with Gasteiger partial charge in [0.15, 0.2) is 11.6 Å². The van der Waals surface area contributed by atoms with Gasteiger partial charge in [-0.15, -0.1) is 0 Å². The van der Waals surface area contributed by atoms with Gasteiger partial charge in [-0.3, -0.25) is 4.72 Å². The molecular weight excluding hydrogens is 422 g/mol. The second kappa shape index (κ2) is 8.00.